The van der Waals surface area contributed by atoms with Gasteiger partial charge in [-0.15, -0.1) is 0 Å². The van der Waals surface area contributed by atoms with Gasteiger partial charge in [-0.3, -0.25) is 0 Å². The number of nitrogens with one attached hydrogen (secondary N) is 1. The molecule has 1 aliphatic rings. The van der Waals surface area contributed by atoms with E-state index in [2.05, 4.69) is 17.2 Å². The summed E-state index contributed by atoms with van der Waals surface area (Å²) < 4.78 is 0. The molecule has 1 fully saturated rings. The Morgan fingerprint density at radius 3 is 2.87 bits per heavy atom. The smallest absolute Gasteiger partial charge is 0.354 e. The number of hydrogen-bond acceptors (Lipinski definition) is 3. The minimum absolute atomic E-state index is 0.0898. The van der Waals surface area contributed by atoms with Crippen LogP contribution in [0.3, 0.4) is 0 Å². The Labute approximate surface area is 88.3 Å². The fourth-order valence-corrected chi connectivity index (χ4v) is 1.71. The lowest BCUT2D eigenvalue weighted by Gasteiger charge is -2.34. The van der Waals surface area contributed by atoms with Crippen LogP contribution in [0.25, 0.3) is 0 Å². The van der Waals surface area contributed by atoms with Crippen LogP contribution in [0.4, 0.5) is 5.82 Å². The van der Waals surface area contributed by atoms with Crippen molar-refractivity contribution in [3.05, 3.63) is 23.9 Å². The number of hydrogen-bond donors (Lipinski definition) is 2. The fraction of sp³-hybridized carbons (Fsp3) is 0.455. The number of carboxylic acids is 1. The van der Waals surface area contributed by atoms with Gasteiger partial charge in [0.05, 0.1) is 0 Å². The van der Waals surface area contributed by atoms with Crippen molar-refractivity contribution >= 4 is 11.8 Å². The third kappa shape index (κ3) is 2.09. The third-order valence-corrected chi connectivity index (χ3v) is 2.92. The molecule has 1 heterocycles. The van der Waals surface area contributed by atoms with Crippen LogP contribution in [-0.4, -0.2) is 22.1 Å². The lowest BCUT2D eigenvalue weighted by atomic mass is 9.81. The second-order valence-corrected chi connectivity index (χ2v) is 4.02. The Kier molecular flexibility index (Phi) is 2.58. The van der Waals surface area contributed by atoms with Crippen LogP contribution in [0.5, 0.6) is 0 Å². The molecular formula is C11H14N2O2. The van der Waals surface area contributed by atoms with Gasteiger partial charge >= 0.3 is 5.97 Å². The SMILES string of the molecule is CC1CCC1Nc1cccc(C(=O)O)n1. The lowest BCUT2D eigenvalue weighted by molar-refractivity contribution is 0.0690. The first-order valence-corrected chi connectivity index (χ1v) is 5.13. The van der Waals surface area contributed by atoms with Crippen molar-refractivity contribution in [2.75, 3.05) is 5.32 Å². The zero-order chi connectivity index (χ0) is 10.8. The van der Waals surface area contributed by atoms with Gasteiger partial charge in [0.25, 0.3) is 0 Å². The van der Waals surface area contributed by atoms with E-state index in [9.17, 15) is 4.79 Å². The van der Waals surface area contributed by atoms with Gasteiger partial charge in [0.1, 0.15) is 5.82 Å². The van der Waals surface area contributed by atoms with E-state index in [0.29, 0.717) is 17.8 Å². The van der Waals surface area contributed by atoms with Gasteiger partial charge in [0, 0.05) is 6.04 Å². The van der Waals surface area contributed by atoms with Crippen molar-refractivity contribution in [2.45, 2.75) is 25.8 Å². The predicted molar refractivity (Wildman–Crippen MR) is 57.0 cm³/mol. The summed E-state index contributed by atoms with van der Waals surface area (Å²) in [5.41, 5.74) is 0.0898. The minimum atomic E-state index is -0.986. The van der Waals surface area contributed by atoms with E-state index in [1.807, 2.05) is 0 Å². The highest BCUT2D eigenvalue weighted by atomic mass is 16.4. The highest BCUT2D eigenvalue weighted by Crippen LogP contribution is 2.29. The summed E-state index contributed by atoms with van der Waals surface area (Å²) in [5, 5.41) is 12.0. The highest BCUT2D eigenvalue weighted by molar-refractivity contribution is 5.85. The van der Waals surface area contributed by atoms with Gasteiger partial charge in [-0.1, -0.05) is 13.0 Å². The van der Waals surface area contributed by atoms with E-state index >= 15 is 0 Å². The van der Waals surface area contributed by atoms with E-state index in [-0.39, 0.29) is 5.69 Å². The van der Waals surface area contributed by atoms with Crippen molar-refractivity contribution in [1.29, 1.82) is 0 Å². The average molecular weight is 206 g/mol. The van der Waals surface area contributed by atoms with Gasteiger partial charge in [-0.2, -0.15) is 0 Å². The van der Waals surface area contributed by atoms with Crippen LogP contribution < -0.4 is 5.32 Å². The maximum atomic E-state index is 10.7. The maximum absolute atomic E-state index is 10.7. The van der Waals surface area contributed by atoms with Crippen molar-refractivity contribution in [3.8, 4) is 0 Å². The molecular weight excluding hydrogens is 192 g/mol. The van der Waals surface area contributed by atoms with E-state index in [1.165, 1.54) is 12.5 Å². The molecule has 0 radical (unpaired) electrons. The molecule has 0 amide bonds. The Bertz CT molecular complexity index is 379. The third-order valence-electron chi connectivity index (χ3n) is 2.92. The lowest BCUT2D eigenvalue weighted by Crippen LogP contribution is -2.36. The molecule has 2 N–H and O–H groups in total. The molecule has 0 aliphatic heterocycles. The van der Waals surface area contributed by atoms with Gasteiger partial charge < -0.3 is 10.4 Å². The molecule has 2 unspecified atom stereocenters. The summed E-state index contributed by atoms with van der Waals surface area (Å²) in [6.07, 6.45) is 2.37. The van der Waals surface area contributed by atoms with E-state index in [1.54, 1.807) is 12.1 Å². The largest absolute Gasteiger partial charge is 0.477 e. The van der Waals surface area contributed by atoms with E-state index in [4.69, 9.17) is 5.11 Å². The second-order valence-electron chi connectivity index (χ2n) is 4.02. The number of nitrogens with zero attached hydrogens (tertiary/aromatic N) is 1. The molecule has 4 nitrogen and oxygen atoms in total. The first-order chi connectivity index (χ1) is 7.16. The number of rotatable bonds is 3. The topological polar surface area (TPSA) is 62.2 Å². The summed E-state index contributed by atoms with van der Waals surface area (Å²) in [6.45, 7) is 2.18. The Morgan fingerprint density at radius 2 is 2.33 bits per heavy atom. The number of aromatic nitrogens is 1. The van der Waals surface area contributed by atoms with Crippen molar-refractivity contribution in [2.24, 2.45) is 5.92 Å². The summed E-state index contributed by atoms with van der Waals surface area (Å²) in [5.74, 6) is 0.326. The van der Waals surface area contributed by atoms with Crippen molar-refractivity contribution in [1.82, 2.24) is 4.98 Å². The summed E-state index contributed by atoms with van der Waals surface area (Å²) in [6, 6.07) is 5.46. The van der Waals surface area contributed by atoms with Gasteiger partial charge in [-0.25, -0.2) is 9.78 Å². The first-order valence-electron chi connectivity index (χ1n) is 5.13. The van der Waals surface area contributed by atoms with E-state index < -0.39 is 5.97 Å². The maximum Gasteiger partial charge on any atom is 0.354 e. The normalized spacial score (nSPS) is 24.3. The summed E-state index contributed by atoms with van der Waals surface area (Å²) in [7, 11) is 0. The van der Waals surface area contributed by atoms with Crippen LogP contribution in [0, 0.1) is 5.92 Å². The zero-order valence-corrected chi connectivity index (χ0v) is 8.60. The van der Waals surface area contributed by atoms with Crippen LogP contribution >= 0.6 is 0 Å². The molecule has 2 atom stereocenters. The molecule has 4 heteroatoms. The number of anilines is 1. The van der Waals surface area contributed by atoms with Gasteiger partial charge in [0.15, 0.2) is 5.69 Å². The minimum Gasteiger partial charge on any atom is -0.477 e. The molecule has 0 spiro atoms. The quantitative estimate of drug-likeness (QED) is 0.793. The van der Waals surface area contributed by atoms with Crippen LogP contribution in [0.15, 0.2) is 18.2 Å². The molecule has 0 aromatic carbocycles. The van der Waals surface area contributed by atoms with Crippen LogP contribution in [0.2, 0.25) is 0 Å². The summed E-state index contributed by atoms with van der Waals surface area (Å²) >= 11 is 0. The standard InChI is InChI=1S/C11H14N2O2/c1-7-5-6-8(7)12-10-4-2-3-9(13-10)11(14)15/h2-4,7-8H,5-6H2,1H3,(H,12,13)(H,14,15). The second kappa shape index (κ2) is 3.88. The first kappa shape index (κ1) is 9.96. The Morgan fingerprint density at radius 1 is 1.53 bits per heavy atom. The molecule has 1 aromatic rings. The van der Waals surface area contributed by atoms with Gasteiger partial charge in [0.2, 0.25) is 0 Å². The Balaban J connectivity index is 2.08. The number of pyridine rings is 1. The zero-order valence-electron chi connectivity index (χ0n) is 8.60. The number of carbonyl (C=O) groups is 1. The summed E-state index contributed by atoms with van der Waals surface area (Å²) in [4.78, 5) is 14.7. The molecule has 2 rings (SSSR count). The number of carboxylic acid groups (broad SMARTS) is 1. The fourth-order valence-electron chi connectivity index (χ4n) is 1.71. The monoisotopic (exact) mass is 206 g/mol. The van der Waals surface area contributed by atoms with Crippen molar-refractivity contribution in [3.63, 3.8) is 0 Å². The van der Waals surface area contributed by atoms with E-state index in [0.717, 1.165) is 6.42 Å². The average Bonchev–Trinajstić information content (AvgIpc) is 2.24. The van der Waals surface area contributed by atoms with Crippen molar-refractivity contribution < 1.29 is 9.90 Å². The highest BCUT2D eigenvalue weighted by Gasteiger charge is 2.26. The molecule has 15 heavy (non-hydrogen) atoms. The van der Waals surface area contributed by atoms with Crippen LogP contribution in [0.1, 0.15) is 30.3 Å². The molecule has 0 saturated heterocycles. The predicted octanol–water partition coefficient (Wildman–Crippen LogP) is 1.99. The molecule has 1 aromatic heterocycles. The Hall–Kier alpha value is -1.58. The molecule has 0 bridgehead atoms. The molecule has 80 valence electrons. The molecule has 1 saturated carbocycles. The molecule has 1 aliphatic carbocycles. The van der Waals surface area contributed by atoms with Crippen LogP contribution in [-0.2, 0) is 0 Å². The van der Waals surface area contributed by atoms with Gasteiger partial charge in [-0.05, 0) is 30.9 Å². The number of aromatic carboxylic acids is 1.